The molecule has 0 saturated heterocycles. The molecule has 5 aromatic rings. The van der Waals surface area contributed by atoms with Gasteiger partial charge in [0.15, 0.2) is 0 Å². The van der Waals surface area contributed by atoms with Crippen LogP contribution in [0.4, 0.5) is 34.1 Å². The molecule has 3 nitrogen and oxygen atoms in total. The van der Waals surface area contributed by atoms with Crippen LogP contribution in [0.3, 0.4) is 0 Å². The van der Waals surface area contributed by atoms with E-state index < -0.39 is 0 Å². The van der Waals surface area contributed by atoms with E-state index in [4.69, 9.17) is 4.74 Å². The second kappa shape index (κ2) is 10.8. The van der Waals surface area contributed by atoms with Gasteiger partial charge >= 0.3 is 0 Å². The molecule has 0 unspecified atom stereocenters. The molecule has 0 amide bonds. The molecule has 5 aromatic carbocycles. The van der Waals surface area contributed by atoms with E-state index in [-0.39, 0.29) is 0 Å². The number of ether oxygens (including phenoxy) is 1. The van der Waals surface area contributed by atoms with Crippen molar-refractivity contribution >= 4 is 34.1 Å². The Labute approximate surface area is 213 Å². The highest BCUT2D eigenvalue weighted by molar-refractivity contribution is 5.81. The molecule has 178 valence electrons. The summed E-state index contributed by atoms with van der Waals surface area (Å²) < 4.78 is 5.79. The van der Waals surface area contributed by atoms with Gasteiger partial charge in [0.25, 0.3) is 0 Å². The summed E-state index contributed by atoms with van der Waals surface area (Å²) in [7, 11) is 0. The maximum absolute atomic E-state index is 5.79. The third-order valence-electron chi connectivity index (χ3n) is 6.04. The molecule has 0 N–H and O–H groups in total. The van der Waals surface area contributed by atoms with Crippen LogP contribution in [-0.4, -0.2) is 6.61 Å². The lowest BCUT2D eigenvalue weighted by molar-refractivity contribution is 0.340. The zero-order valence-corrected chi connectivity index (χ0v) is 20.7. The number of benzene rings is 5. The minimum atomic E-state index is 0.637. The van der Waals surface area contributed by atoms with Crippen molar-refractivity contribution in [1.29, 1.82) is 0 Å². The van der Waals surface area contributed by atoms with E-state index in [1.165, 1.54) is 5.56 Å². The van der Waals surface area contributed by atoms with Crippen molar-refractivity contribution in [3.05, 3.63) is 139 Å². The van der Waals surface area contributed by atoms with Crippen LogP contribution in [0.1, 0.15) is 12.5 Å². The normalized spacial score (nSPS) is 10.6. The van der Waals surface area contributed by atoms with Crippen LogP contribution >= 0.6 is 0 Å². The van der Waals surface area contributed by atoms with Crippen LogP contribution < -0.4 is 14.5 Å². The summed E-state index contributed by atoms with van der Waals surface area (Å²) in [6, 6.07) is 46.5. The quantitative estimate of drug-likeness (QED) is 0.225. The third-order valence-corrected chi connectivity index (χ3v) is 6.04. The highest BCUT2D eigenvalue weighted by Gasteiger charge is 2.16. The summed E-state index contributed by atoms with van der Waals surface area (Å²) in [6.07, 6.45) is 0. The molecule has 0 fully saturated rings. The predicted octanol–water partition coefficient (Wildman–Crippen LogP) is 9.33. The van der Waals surface area contributed by atoms with E-state index in [2.05, 4.69) is 132 Å². The van der Waals surface area contributed by atoms with Crippen LogP contribution in [-0.2, 0) is 0 Å². The zero-order valence-electron chi connectivity index (χ0n) is 20.7. The first-order valence-electron chi connectivity index (χ1n) is 12.3. The van der Waals surface area contributed by atoms with E-state index in [1.807, 2.05) is 25.1 Å². The fourth-order valence-electron chi connectivity index (χ4n) is 4.45. The molecular formula is C33H30N2O. The van der Waals surface area contributed by atoms with Crippen molar-refractivity contribution in [2.75, 3.05) is 16.4 Å². The fraction of sp³-hybridized carbons (Fsp3) is 0.0909. The van der Waals surface area contributed by atoms with Crippen molar-refractivity contribution < 1.29 is 4.74 Å². The molecule has 0 aromatic heterocycles. The van der Waals surface area contributed by atoms with Gasteiger partial charge in [-0.15, -0.1) is 0 Å². The Balaban J connectivity index is 1.57. The van der Waals surface area contributed by atoms with E-state index >= 15 is 0 Å². The molecule has 0 aliphatic carbocycles. The number of aryl methyl sites for hydroxylation is 1. The maximum atomic E-state index is 5.79. The average Bonchev–Trinajstić information content (AvgIpc) is 2.92. The van der Waals surface area contributed by atoms with Gasteiger partial charge in [-0.05, 0) is 92.2 Å². The number of hydrogen-bond donors (Lipinski definition) is 0. The second-order valence-electron chi connectivity index (χ2n) is 8.63. The molecule has 0 saturated carbocycles. The minimum Gasteiger partial charge on any atom is -0.494 e. The van der Waals surface area contributed by atoms with Crippen LogP contribution in [0.5, 0.6) is 5.75 Å². The number of para-hydroxylation sites is 2. The Kier molecular flexibility index (Phi) is 7.00. The molecule has 36 heavy (non-hydrogen) atoms. The van der Waals surface area contributed by atoms with Crippen molar-refractivity contribution in [2.45, 2.75) is 13.8 Å². The molecule has 0 spiro atoms. The van der Waals surface area contributed by atoms with Crippen LogP contribution in [0.25, 0.3) is 0 Å². The molecule has 0 aliphatic heterocycles. The Morgan fingerprint density at radius 1 is 0.472 bits per heavy atom. The number of anilines is 6. The second-order valence-corrected chi connectivity index (χ2v) is 8.63. The highest BCUT2D eigenvalue weighted by Crippen LogP contribution is 2.39. The summed E-state index contributed by atoms with van der Waals surface area (Å²) >= 11 is 0. The zero-order chi connectivity index (χ0) is 24.7. The fourth-order valence-corrected chi connectivity index (χ4v) is 4.45. The summed E-state index contributed by atoms with van der Waals surface area (Å²) in [4.78, 5) is 4.55. The Bertz CT molecular complexity index is 1400. The third kappa shape index (κ3) is 5.11. The van der Waals surface area contributed by atoms with Crippen LogP contribution in [0.2, 0.25) is 0 Å². The lowest BCUT2D eigenvalue weighted by Gasteiger charge is -2.28. The molecule has 0 radical (unpaired) electrons. The maximum Gasteiger partial charge on any atom is 0.121 e. The molecular weight excluding hydrogens is 440 g/mol. The number of nitrogens with zero attached hydrogens (tertiary/aromatic N) is 2. The minimum absolute atomic E-state index is 0.637. The monoisotopic (exact) mass is 470 g/mol. The smallest absolute Gasteiger partial charge is 0.121 e. The molecule has 3 heteroatoms. The number of hydrogen-bond acceptors (Lipinski definition) is 3. The van der Waals surface area contributed by atoms with Crippen molar-refractivity contribution in [3.8, 4) is 5.75 Å². The Hall–Kier alpha value is -4.50. The lowest BCUT2D eigenvalue weighted by Crippen LogP contribution is -2.12. The van der Waals surface area contributed by atoms with Gasteiger partial charge in [0, 0.05) is 40.2 Å². The van der Waals surface area contributed by atoms with Crippen molar-refractivity contribution in [1.82, 2.24) is 0 Å². The van der Waals surface area contributed by atoms with Gasteiger partial charge in [0.2, 0.25) is 0 Å². The predicted molar refractivity (Wildman–Crippen MR) is 152 cm³/mol. The summed E-state index contributed by atoms with van der Waals surface area (Å²) in [6.45, 7) is 4.77. The van der Waals surface area contributed by atoms with Crippen molar-refractivity contribution in [3.63, 3.8) is 0 Å². The average molecular weight is 471 g/mol. The number of rotatable bonds is 8. The van der Waals surface area contributed by atoms with Gasteiger partial charge in [-0.2, -0.15) is 0 Å². The van der Waals surface area contributed by atoms with Crippen molar-refractivity contribution in [2.24, 2.45) is 0 Å². The Morgan fingerprint density at radius 3 is 1.42 bits per heavy atom. The summed E-state index contributed by atoms with van der Waals surface area (Å²) in [5.74, 6) is 0.863. The molecule has 0 heterocycles. The van der Waals surface area contributed by atoms with E-state index in [9.17, 15) is 0 Å². The van der Waals surface area contributed by atoms with E-state index in [1.54, 1.807) is 0 Å². The van der Waals surface area contributed by atoms with Gasteiger partial charge in [0.1, 0.15) is 5.75 Å². The van der Waals surface area contributed by atoms with Gasteiger partial charge in [-0.25, -0.2) is 0 Å². The first-order chi connectivity index (χ1) is 17.7. The largest absolute Gasteiger partial charge is 0.494 e. The lowest BCUT2D eigenvalue weighted by atomic mass is 10.1. The first kappa shape index (κ1) is 23.3. The Morgan fingerprint density at radius 2 is 0.917 bits per heavy atom. The van der Waals surface area contributed by atoms with Gasteiger partial charge < -0.3 is 14.5 Å². The van der Waals surface area contributed by atoms with Gasteiger partial charge in [-0.3, -0.25) is 0 Å². The van der Waals surface area contributed by atoms with Gasteiger partial charge in [-0.1, -0.05) is 54.6 Å². The molecule has 0 aliphatic rings. The van der Waals surface area contributed by atoms with E-state index in [0.717, 1.165) is 39.9 Å². The SMILES string of the molecule is CCOc1cccc(N(c2ccccc2)c2ccc(N(c3ccccc3)c3cccc(C)c3)cc2)c1. The highest BCUT2D eigenvalue weighted by atomic mass is 16.5. The molecule has 0 atom stereocenters. The first-order valence-corrected chi connectivity index (χ1v) is 12.3. The standard InChI is InChI=1S/C33H30N2O/c1-3-36-33-19-11-18-32(25-33)35(28-15-8-5-9-16-28)30-22-20-29(21-23-30)34(27-13-6-4-7-14-27)31-17-10-12-26(2)24-31/h4-25H,3H2,1-2H3. The molecule has 0 bridgehead atoms. The van der Waals surface area contributed by atoms with E-state index in [0.29, 0.717) is 6.61 Å². The molecule has 5 rings (SSSR count). The summed E-state index contributed by atoms with van der Waals surface area (Å²) in [5, 5.41) is 0. The van der Waals surface area contributed by atoms with Crippen LogP contribution in [0.15, 0.2) is 133 Å². The summed E-state index contributed by atoms with van der Waals surface area (Å²) in [5.41, 5.74) is 7.83. The topological polar surface area (TPSA) is 15.7 Å². The van der Waals surface area contributed by atoms with Crippen LogP contribution in [0, 0.1) is 6.92 Å². The van der Waals surface area contributed by atoms with Gasteiger partial charge in [0.05, 0.1) is 6.61 Å².